The van der Waals surface area contributed by atoms with Gasteiger partial charge in [-0.1, -0.05) is 0 Å². The van der Waals surface area contributed by atoms with Crippen LogP contribution in [0, 0.1) is 6.92 Å². The van der Waals surface area contributed by atoms with Gasteiger partial charge in [-0.05, 0) is 32.3 Å². The first kappa shape index (κ1) is 17.6. The zero-order chi connectivity index (χ0) is 17.9. The summed E-state index contributed by atoms with van der Waals surface area (Å²) in [6.45, 7) is 6.17. The number of thiazole rings is 1. The highest BCUT2D eigenvalue weighted by Crippen LogP contribution is 2.27. The van der Waals surface area contributed by atoms with Gasteiger partial charge in [0.1, 0.15) is 5.69 Å². The second-order valence-electron chi connectivity index (χ2n) is 6.99. The van der Waals surface area contributed by atoms with Gasteiger partial charge in [-0.2, -0.15) is 5.10 Å². The Kier molecular flexibility index (Phi) is 5.33. The molecule has 1 atom stereocenters. The van der Waals surface area contributed by atoms with Gasteiger partial charge in [0.2, 0.25) is 0 Å². The number of carbonyl (C=O) groups excluding carboxylic acids is 1. The first-order valence-corrected chi connectivity index (χ1v) is 10.1. The number of ether oxygens (including phenoxy) is 1. The molecule has 140 valence electrons. The van der Waals surface area contributed by atoms with Crippen LogP contribution in [0.25, 0.3) is 0 Å². The van der Waals surface area contributed by atoms with Crippen LogP contribution in [0.4, 0.5) is 0 Å². The molecule has 2 aromatic heterocycles. The van der Waals surface area contributed by atoms with E-state index in [-0.39, 0.29) is 11.9 Å². The standard InChI is InChI=1S/C18H25N5O2S/c1-13-21-17(12-26-13)18(24)19-6-2-15-10-22(14-4-8-25-9-5-14)11-16-3-7-20-23(15)16/h3,7,12,14-15H,2,4-6,8-11H2,1H3,(H,19,24)/t15-/m1/s1. The average Bonchev–Trinajstić information content (AvgIpc) is 3.31. The minimum Gasteiger partial charge on any atom is -0.381 e. The van der Waals surface area contributed by atoms with Crippen molar-refractivity contribution < 1.29 is 9.53 Å². The maximum Gasteiger partial charge on any atom is 0.270 e. The number of rotatable bonds is 5. The van der Waals surface area contributed by atoms with E-state index in [4.69, 9.17) is 4.74 Å². The summed E-state index contributed by atoms with van der Waals surface area (Å²) in [6, 6.07) is 2.98. The Morgan fingerprint density at radius 3 is 3.04 bits per heavy atom. The highest BCUT2D eigenvalue weighted by atomic mass is 32.1. The molecule has 0 unspecified atom stereocenters. The Labute approximate surface area is 157 Å². The molecule has 0 bridgehead atoms. The van der Waals surface area contributed by atoms with E-state index in [9.17, 15) is 4.79 Å². The third kappa shape index (κ3) is 3.82. The lowest BCUT2D eigenvalue weighted by molar-refractivity contribution is 0.0158. The lowest BCUT2D eigenvalue weighted by Crippen LogP contribution is -2.46. The van der Waals surface area contributed by atoms with E-state index >= 15 is 0 Å². The molecule has 0 spiro atoms. The Balaban J connectivity index is 1.36. The van der Waals surface area contributed by atoms with Crippen molar-refractivity contribution in [2.75, 3.05) is 26.3 Å². The number of aryl methyl sites for hydroxylation is 1. The van der Waals surface area contributed by atoms with Gasteiger partial charge < -0.3 is 10.1 Å². The molecule has 0 aromatic carbocycles. The predicted molar refractivity (Wildman–Crippen MR) is 99.3 cm³/mol. The van der Waals surface area contributed by atoms with E-state index in [0.717, 1.165) is 50.6 Å². The van der Waals surface area contributed by atoms with Crippen molar-refractivity contribution in [3.05, 3.63) is 34.0 Å². The second kappa shape index (κ2) is 7.85. The summed E-state index contributed by atoms with van der Waals surface area (Å²) in [7, 11) is 0. The molecule has 2 aromatic rings. The van der Waals surface area contributed by atoms with Crippen LogP contribution in [-0.2, 0) is 11.3 Å². The minimum absolute atomic E-state index is 0.0906. The van der Waals surface area contributed by atoms with Gasteiger partial charge in [-0.25, -0.2) is 4.98 Å². The van der Waals surface area contributed by atoms with Gasteiger partial charge in [0.25, 0.3) is 5.91 Å². The fourth-order valence-electron chi connectivity index (χ4n) is 3.87. The minimum atomic E-state index is -0.0906. The van der Waals surface area contributed by atoms with Crippen molar-refractivity contribution >= 4 is 17.2 Å². The number of amides is 1. The lowest BCUT2D eigenvalue weighted by atomic mass is 10.0. The Hall–Kier alpha value is -1.77. The van der Waals surface area contributed by atoms with Crippen molar-refractivity contribution in [2.45, 2.75) is 44.8 Å². The van der Waals surface area contributed by atoms with Gasteiger partial charge in [0, 0.05) is 50.5 Å². The second-order valence-corrected chi connectivity index (χ2v) is 8.05. The molecule has 1 fully saturated rings. The van der Waals surface area contributed by atoms with Crippen LogP contribution in [0.15, 0.2) is 17.6 Å². The molecular weight excluding hydrogens is 350 g/mol. The van der Waals surface area contributed by atoms with Crippen LogP contribution < -0.4 is 5.32 Å². The summed E-state index contributed by atoms with van der Waals surface area (Å²) >= 11 is 1.50. The van der Waals surface area contributed by atoms with E-state index in [1.165, 1.54) is 17.0 Å². The van der Waals surface area contributed by atoms with Crippen molar-refractivity contribution in [1.29, 1.82) is 0 Å². The number of fused-ring (bicyclic) bond motifs is 1. The zero-order valence-electron chi connectivity index (χ0n) is 15.1. The summed E-state index contributed by atoms with van der Waals surface area (Å²) < 4.78 is 7.64. The first-order chi connectivity index (χ1) is 12.7. The third-order valence-electron chi connectivity index (χ3n) is 5.23. The fourth-order valence-corrected chi connectivity index (χ4v) is 4.46. The van der Waals surface area contributed by atoms with Crippen LogP contribution >= 0.6 is 11.3 Å². The monoisotopic (exact) mass is 375 g/mol. The molecule has 26 heavy (non-hydrogen) atoms. The van der Waals surface area contributed by atoms with Gasteiger partial charge in [0.05, 0.1) is 16.7 Å². The number of carbonyl (C=O) groups is 1. The van der Waals surface area contributed by atoms with Gasteiger partial charge >= 0.3 is 0 Å². The normalized spacial score (nSPS) is 21.5. The quantitative estimate of drug-likeness (QED) is 0.865. The molecule has 0 radical (unpaired) electrons. The van der Waals surface area contributed by atoms with E-state index in [1.54, 1.807) is 0 Å². The Bertz CT molecular complexity index is 752. The Morgan fingerprint density at radius 2 is 2.27 bits per heavy atom. The van der Waals surface area contributed by atoms with Crippen LogP contribution in [0.3, 0.4) is 0 Å². The Morgan fingerprint density at radius 1 is 1.42 bits per heavy atom. The van der Waals surface area contributed by atoms with Gasteiger partial charge in [0.15, 0.2) is 0 Å². The summed E-state index contributed by atoms with van der Waals surface area (Å²) in [5.41, 5.74) is 1.77. The number of nitrogens with zero attached hydrogens (tertiary/aromatic N) is 4. The number of aromatic nitrogens is 3. The maximum absolute atomic E-state index is 12.2. The summed E-state index contributed by atoms with van der Waals surface area (Å²) in [4.78, 5) is 19.0. The summed E-state index contributed by atoms with van der Waals surface area (Å²) in [5, 5.41) is 10.2. The zero-order valence-corrected chi connectivity index (χ0v) is 15.9. The van der Waals surface area contributed by atoms with Crippen molar-refractivity contribution in [3.8, 4) is 0 Å². The van der Waals surface area contributed by atoms with Crippen molar-refractivity contribution in [3.63, 3.8) is 0 Å². The van der Waals surface area contributed by atoms with Gasteiger partial charge in [-0.3, -0.25) is 14.4 Å². The first-order valence-electron chi connectivity index (χ1n) is 9.25. The molecule has 0 aliphatic carbocycles. The smallest absolute Gasteiger partial charge is 0.270 e. The molecule has 2 aliphatic rings. The maximum atomic E-state index is 12.2. The highest BCUT2D eigenvalue weighted by Gasteiger charge is 2.30. The lowest BCUT2D eigenvalue weighted by Gasteiger charge is -2.40. The molecule has 7 nitrogen and oxygen atoms in total. The SMILES string of the molecule is Cc1nc(C(=O)NCC[C@@H]2CN(C3CCOCC3)Cc3ccnn32)cs1. The van der Waals surface area contributed by atoms with Crippen LogP contribution in [0.5, 0.6) is 0 Å². The van der Waals surface area contributed by atoms with Crippen LogP contribution in [0.2, 0.25) is 0 Å². The third-order valence-corrected chi connectivity index (χ3v) is 6.00. The van der Waals surface area contributed by atoms with E-state index < -0.39 is 0 Å². The van der Waals surface area contributed by atoms with Crippen LogP contribution in [-0.4, -0.2) is 57.9 Å². The molecular formula is C18H25N5O2S. The number of nitrogens with one attached hydrogen (secondary N) is 1. The van der Waals surface area contributed by atoms with E-state index in [1.807, 2.05) is 18.5 Å². The van der Waals surface area contributed by atoms with Crippen molar-refractivity contribution in [2.24, 2.45) is 0 Å². The van der Waals surface area contributed by atoms with E-state index in [2.05, 4.69) is 31.0 Å². The van der Waals surface area contributed by atoms with Crippen molar-refractivity contribution in [1.82, 2.24) is 25.0 Å². The summed E-state index contributed by atoms with van der Waals surface area (Å²) in [5.74, 6) is -0.0906. The molecule has 1 N–H and O–H groups in total. The molecule has 2 aliphatic heterocycles. The molecule has 1 amide bonds. The van der Waals surface area contributed by atoms with E-state index in [0.29, 0.717) is 18.3 Å². The number of hydrogen-bond acceptors (Lipinski definition) is 6. The largest absolute Gasteiger partial charge is 0.381 e. The molecule has 4 rings (SSSR count). The highest BCUT2D eigenvalue weighted by molar-refractivity contribution is 7.09. The topological polar surface area (TPSA) is 72.3 Å². The fraction of sp³-hybridized carbons (Fsp3) is 0.611. The molecule has 8 heteroatoms. The average molecular weight is 375 g/mol. The predicted octanol–water partition coefficient (Wildman–Crippen LogP) is 2.00. The molecule has 0 saturated carbocycles. The molecule has 4 heterocycles. The summed E-state index contributed by atoms with van der Waals surface area (Å²) in [6.07, 6.45) is 4.94. The number of hydrogen-bond donors (Lipinski definition) is 1. The molecule has 1 saturated heterocycles. The van der Waals surface area contributed by atoms with Gasteiger partial charge in [-0.15, -0.1) is 11.3 Å². The van der Waals surface area contributed by atoms with Crippen LogP contribution in [0.1, 0.15) is 46.5 Å².